The summed E-state index contributed by atoms with van der Waals surface area (Å²) in [6.45, 7) is 0. The lowest BCUT2D eigenvalue weighted by atomic mass is 9.98. The number of para-hydroxylation sites is 2. The summed E-state index contributed by atoms with van der Waals surface area (Å²) in [6, 6.07) is 62.6. The van der Waals surface area contributed by atoms with Gasteiger partial charge in [-0.1, -0.05) is 127 Å². The molecule has 2 heteroatoms. The van der Waals surface area contributed by atoms with Gasteiger partial charge >= 0.3 is 0 Å². The van der Waals surface area contributed by atoms with Crippen LogP contribution >= 0.6 is 0 Å². The maximum atomic E-state index is 6.75. The molecule has 0 saturated heterocycles. The maximum Gasteiger partial charge on any atom is 0.159 e. The van der Waals surface area contributed by atoms with Gasteiger partial charge in [0.05, 0.1) is 5.69 Å². The van der Waals surface area contributed by atoms with Gasteiger partial charge in [-0.3, -0.25) is 0 Å². The van der Waals surface area contributed by atoms with E-state index in [-0.39, 0.29) is 0 Å². The summed E-state index contributed by atoms with van der Waals surface area (Å²) < 4.78 is 6.75. The monoisotopic (exact) mass is 587 g/mol. The molecular weight excluding hydrogens is 558 g/mol. The highest BCUT2D eigenvalue weighted by Gasteiger charge is 2.20. The molecule has 0 saturated carbocycles. The quantitative estimate of drug-likeness (QED) is 0.199. The summed E-state index contributed by atoms with van der Waals surface area (Å²) in [5.41, 5.74) is 9.71. The predicted molar refractivity (Wildman–Crippen MR) is 194 cm³/mol. The first-order valence-electron chi connectivity index (χ1n) is 15.7. The lowest BCUT2D eigenvalue weighted by Gasteiger charge is -2.25. The van der Waals surface area contributed by atoms with Crippen LogP contribution in [0.25, 0.3) is 65.7 Å². The number of benzene rings is 8. The van der Waals surface area contributed by atoms with Crippen molar-refractivity contribution in [1.29, 1.82) is 0 Å². The molecule has 0 bridgehead atoms. The van der Waals surface area contributed by atoms with Crippen LogP contribution in [0.15, 0.2) is 180 Å². The van der Waals surface area contributed by atoms with Crippen molar-refractivity contribution in [3.8, 4) is 22.3 Å². The lowest BCUT2D eigenvalue weighted by Crippen LogP contribution is -2.10. The summed E-state index contributed by atoms with van der Waals surface area (Å²) in [5, 5.41) is 7.14. The Balaban J connectivity index is 1.21. The molecule has 216 valence electrons. The summed E-state index contributed by atoms with van der Waals surface area (Å²) in [7, 11) is 0. The van der Waals surface area contributed by atoms with E-state index >= 15 is 0 Å². The molecule has 0 radical (unpaired) electrons. The van der Waals surface area contributed by atoms with Gasteiger partial charge in [0.25, 0.3) is 0 Å². The Hall–Kier alpha value is -6.12. The zero-order valence-corrected chi connectivity index (χ0v) is 25.1. The molecule has 1 heterocycles. The first-order chi connectivity index (χ1) is 22.8. The van der Waals surface area contributed by atoms with E-state index in [0.29, 0.717) is 0 Å². The molecule has 0 N–H and O–H groups in total. The van der Waals surface area contributed by atoms with Crippen molar-refractivity contribution >= 4 is 60.5 Å². The minimum atomic E-state index is 0.873. The van der Waals surface area contributed by atoms with Crippen LogP contribution in [0.5, 0.6) is 0 Å². The van der Waals surface area contributed by atoms with Crippen molar-refractivity contribution in [2.45, 2.75) is 0 Å². The van der Waals surface area contributed by atoms with Gasteiger partial charge in [-0.05, 0) is 92.3 Å². The zero-order valence-electron chi connectivity index (χ0n) is 25.1. The van der Waals surface area contributed by atoms with Crippen molar-refractivity contribution in [2.24, 2.45) is 0 Å². The van der Waals surface area contributed by atoms with Crippen molar-refractivity contribution in [3.05, 3.63) is 176 Å². The van der Waals surface area contributed by atoms with Gasteiger partial charge in [0.2, 0.25) is 0 Å². The van der Waals surface area contributed by atoms with Gasteiger partial charge in [0.15, 0.2) is 5.58 Å². The smallest absolute Gasteiger partial charge is 0.159 e. The third-order valence-corrected chi connectivity index (χ3v) is 9.03. The molecule has 0 unspecified atom stereocenters. The number of rotatable bonds is 5. The van der Waals surface area contributed by atoms with Crippen molar-refractivity contribution < 1.29 is 4.42 Å². The standard InChI is InChI=1S/C44H29NO/c1-3-10-30(11-4-1)36-21-19-33-24-27-42-43(40(33)29-36)39-16-9-17-41(44(39)46-42)45(37-14-5-2-6-15-37)38-25-22-32(23-26-38)35-20-18-31-12-7-8-13-34(31)28-35/h1-29H. The lowest BCUT2D eigenvalue weighted by molar-refractivity contribution is 0.669. The Bertz CT molecular complexity index is 2510. The fourth-order valence-corrected chi connectivity index (χ4v) is 6.76. The molecule has 2 nitrogen and oxygen atoms in total. The van der Waals surface area contributed by atoms with Gasteiger partial charge in [-0.2, -0.15) is 0 Å². The Morgan fingerprint density at radius 1 is 0.370 bits per heavy atom. The molecular formula is C44H29NO. The average molecular weight is 588 g/mol. The van der Waals surface area contributed by atoms with Crippen LogP contribution in [0.4, 0.5) is 17.1 Å². The van der Waals surface area contributed by atoms with E-state index in [9.17, 15) is 0 Å². The molecule has 46 heavy (non-hydrogen) atoms. The fourth-order valence-electron chi connectivity index (χ4n) is 6.76. The van der Waals surface area contributed by atoms with Gasteiger partial charge in [0, 0.05) is 22.1 Å². The SMILES string of the molecule is c1ccc(-c2ccc3ccc4oc5c(N(c6ccccc6)c6ccc(-c7ccc8ccccc8c7)cc6)cccc5c4c3c2)cc1. The largest absolute Gasteiger partial charge is 0.454 e. The topological polar surface area (TPSA) is 16.4 Å². The van der Waals surface area contributed by atoms with Gasteiger partial charge in [-0.15, -0.1) is 0 Å². The fraction of sp³-hybridized carbons (Fsp3) is 0. The third-order valence-electron chi connectivity index (χ3n) is 9.03. The van der Waals surface area contributed by atoms with E-state index in [1.54, 1.807) is 0 Å². The number of fused-ring (bicyclic) bond motifs is 6. The summed E-state index contributed by atoms with van der Waals surface area (Å²) in [6.07, 6.45) is 0. The zero-order chi connectivity index (χ0) is 30.5. The van der Waals surface area contributed by atoms with E-state index in [0.717, 1.165) is 39.0 Å². The van der Waals surface area contributed by atoms with Crippen molar-refractivity contribution in [2.75, 3.05) is 4.90 Å². The second-order valence-electron chi connectivity index (χ2n) is 11.8. The third kappa shape index (κ3) is 4.43. The number of anilines is 3. The predicted octanol–water partition coefficient (Wildman–Crippen LogP) is 12.7. The Labute approximate surface area is 267 Å². The number of furan rings is 1. The van der Waals surface area contributed by atoms with Crippen LogP contribution in [0, 0.1) is 0 Å². The molecule has 9 rings (SSSR count). The molecule has 0 aliphatic rings. The second-order valence-corrected chi connectivity index (χ2v) is 11.8. The van der Waals surface area contributed by atoms with Gasteiger partial charge in [0.1, 0.15) is 5.58 Å². The van der Waals surface area contributed by atoms with Crippen LogP contribution < -0.4 is 4.90 Å². The molecule has 0 aliphatic heterocycles. The van der Waals surface area contributed by atoms with Crippen LogP contribution in [-0.2, 0) is 0 Å². The molecule has 0 fully saturated rings. The first-order valence-corrected chi connectivity index (χ1v) is 15.7. The Morgan fingerprint density at radius 3 is 1.78 bits per heavy atom. The molecule has 0 spiro atoms. The summed E-state index contributed by atoms with van der Waals surface area (Å²) in [5.74, 6) is 0. The average Bonchev–Trinajstić information content (AvgIpc) is 3.53. The van der Waals surface area contributed by atoms with Gasteiger partial charge < -0.3 is 9.32 Å². The number of hydrogen-bond acceptors (Lipinski definition) is 2. The van der Waals surface area contributed by atoms with Crippen LogP contribution in [-0.4, -0.2) is 0 Å². The normalized spacial score (nSPS) is 11.5. The van der Waals surface area contributed by atoms with E-state index < -0.39 is 0 Å². The van der Waals surface area contributed by atoms with Crippen LogP contribution in [0.3, 0.4) is 0 Å². The molecule has 0 amide bonds. The molecule has 0 atom stereocenters. The first kappa shape index (κ1) is 26.3. The molecule has 0 aliphatic carbocycles. The van der Waals surface area contributed by atoms with E-state index in [2.05, 4.69) is 181 Å². The highest BCUT2D eigenvalue weighted by Crippen LogP contribution is 2.44. The maximum absolute atomic E-state index is 6.75. The Morgan fingerprint density at radius 2 is 0.978 bits per heavy atom. The molecule has 8 aromatic carbocycles. The highest BCUT2D eigenvalue weighted by molar-refractivity contribution is 6.21. The van der Waals surface area contributed by atoms with Crippen molar-refractivity contribution in [3.63, 3.8) is 0 Å². The summed E-state index contributed by atoms with van der Waals surface area (Å²) in [4.78, 5) is 2.30. The minimum absolute atomic E-state index is 0.873. The highest BCUT2D eigenvalue weighted by atomic mass is 16.3. The van der Waals surface area contributed by atoms with Crippen LogP contribution in [0.1, 0.15) is 0 Å². The van der Waals surface area contributed by atoms with Crippen LogP contribution in [0.2, 0.25) is 0 Å². The number of nitrogens with zero attached hydrogens (tertiary/aromatic N) is 1. The second kappa shape index (κ2) is 10.8. The molecule has 9 aromatic rings. The van der Waals surface area contributed by atoms with E-state index in [1.165, 1.54) is 43.8 Å². The summed E-state index contributed by atoms with van der Waals surface area (Å²) >= 11 is 0. The van der Waals surface area contributed by atoms with E-state index in [1.807, 2.05) is 0 Å². The van der Waals surface area contributed by atoms with E-state index in [4.69, 9.17) is 4.42 Å². The minimum Gasteiger partial charge on any atom is -0.454 e. The Kier molecular flexibility index (Phi) is 6.17. The molecule has 1 aromatic heterocycles. The number of hydrogen-bond donors (Lipinski definition) is 0. The van der Waals surface area contributed by atoms with Gasteiger partial charge in [-0.25, -0.2) is 0 Å². The van der Waals surface area contributed by atoms with Crippen molar-refractivity contribution in [1.82, 2.24) is 0 Å².